The zero-order chi connectivity index (χ0) is 31.3. The molecular weight excluding hydrogens is 575 g/mol. The van der Waals surface area contributed by atoms with E-state index in [1.54, 1.807) is 78.9 Å². The minimum absolute atomic E-state index is 0.193. The highest BCUT2D eigenvalue weighted by atomic mass is 19.1. The molecular formula is C35H31FN4O5. The van der Waals surface area contributed by atoms with Crippen LogP contribution in [0.25, 0.3) is 0 Å². The zero-order valence-corrected chi connectivity index (χ0v) is 24.4. The lowest BCUT2D eigenvalue weighted by Gasteiger charge is -2.33. The van der Waals surface area contributed by atoms with Gasteiger partial charge in [-0.1, -0.05) is 60.7 Å². The Hall–Kier alpha value is -5.35. The fraction of sp³-hybridized carbons (Fsp3) is 0.200. The molecule has 1 N–H and O–H groups in total. The lowest BCUT2D eigenvalue weighted by molar-refractivity contribution is -0.139. The van der Waals surface area contributed by atoms with Crippen molar-refractivity contribution in [1.29, 1.82) is 0 Å². The first kappa shape index (κ1) is 29.7. The van der Waals surface area contributed by atoms with Crippen LogP contribution in [0.2, 0.25) is 0 Å². The molecule has 0 radical (unpaired) electrons. The monoisotopic (exact) mass is 606 g/mol. The van der Waals surface area contributed by atoms with Gasteiger partial charge in [0.15, 0.2) is 0 Å². The van der Waals surface area contributed by atoms with Gasteiger partial charge in [-0.2, -0.15) is 0 Å². The first-order chi connectivity index (χ1) is 21.9. The Morgan fingerprint density at radius 3 is 2.24 bits per heavy atom. The van der Waals surface area contributed by atoms with Crippen molar-refractivity contribution in [2.24, 2.45) is 0 Å². The van der Waals surface area contributed by atoms with E-state index in [0.29, 0.717) is 30.2 Å². The molecule has 0 aliphatic carbocycles. The van der Waals surface area contributed by atoms with E-state index in [1.807, 2.05) is 12.1 Å². The van der Waals surface area contributed by atoms with Gasteiger partial charge in [0.1, 0.15) is 18.4 Å². The largest absolute Gasteiger partial charge is 0.378 e. The van der Waals surface area contributed by atoms with Crippen LogP contribution >= 0.6 is 0 Å². The highest BCUT2D eigenvalue weighted by Crippen LogP contribution is 2.31. The van der Waals surface area contributed by atoms with Crippen LogP contribution in [-0.4, -0.2) is 61.3 Å². The lowest BCUT2D eigenvalue weighted by atomic mass is 10.0. The molecule has 2 heterocycles. The summed E-state index contributed by atoms with van der Waals surface area (Å²) in [5, 5.41) is 2.93. The van der Waals surface area contributed by atoms with Crippen LogP contribution in [0.5, 0.6) is 0 Å². The van der Waals surface area contributed by atoms with Crippen molar-refractivity contribution in [3.63, 3.8) is 0 Å². The molecule has 1 fully saturated rings. The Morgan fingerprint density at radius 1 is 0.844 bits per heavy atom. The minimum atomic E-state index is -1.19. The first-order valence-corrected chi connectivity index (χ1v) is 14.7. The number of nitrogens with zero attached hydrogens (tertiary/aromatic N) is 3. The Kier molecular flexibility index (Phi) is 8.65. The number of hydrogen-bond acceptors (Lipinski definition) is 6. The van der Waals surface area contributed by atoms with E-state index in [2.05, 4.69) is 10.2 Å². The molecule has 2 aliphatic rings. The molecule has 0 spiro atoms. The number of ether oxygens (including phenoxy) is 1. The Bertz CT molecular complexity index is 1720. The standard InChI is InChI=1S/C35H31FN4O5/c36-29-12-6-4-10-25(29)22-40(31(41)23-39-30-13-7-5-11-28(30)33(42)35(39)44)32(24-8-2-1-3-9-24)34(43)37-26-14-16-27(17-15-26)38-18-20-45-21-19-38/h1-17,32H,18-23H2,(H,37,43). The third-order valence-electron chi connectivity index (χ3n) is 7.98. The summed E-state index contributed by atoms with van der Waals surface area (Å²) in [6, 6.07) is 27.4. The second-order valence-electron chi connectivity index (χ2n) is 10.8. The number of anilines is 3. The van der Waals surface area contributed by atoms with E-state index in [0.717, 1.165) is 23.7 Å². The summed E-state index contributed by atoms with van der Waals surface area (Å²) in [4.78, 5) is 58.4. The SMILES string of the molecule is O=C1C(=O)N(CC(=O)N(Cc2ccccc2F)C(C(=O)Nc2ccc(N3CCOCC3)cc2)c2ccccc2)c2ccccc21. The van der Waals surface area contributed by atoms with Gasteiger partial charge in [0.25, 0.3) is 17.6 Å². The van der Waals surface area contributed by atoms with E-state index in [4.69, 9.17) is 4.74 Å². The van der Waals surface area contributed by atoms with Crippen molar-refractivity contribution >= 4 is 40.6 Å². The summed E-state index contributed by atoms with van der Waals surface area (Å²) in [5.41, 5.74) is 2.72. The molecule has 2 aliphatic heterocycles. The zero-order valence-electron chi connectivity index (χ0n) is 24.4. The van der Waals surface area contributed by atoms with Gasteiger partial charge in [-0.25, -0.2) is 4.39 Å². The summed E-state index contributed by atoms with van der Waals surface area (Å²) < 4.78 is 20.4. The van der Waals surface area contributed by atoms with Crippen LogP contribution < -0.4 is 15.1 Å². The predicted molar refractivity (Wildman–Crippen MR) is 167 cm³/mol. The van der Waals surface area contributed by atoms with Crippen molar-refractivity contribution < 1.29 is 28.3 Å². The summed E-state index contributed by atoms with van der Waals surface area (Å²) in [6.07, 6.45) is 0. The summed E-state index contributed by atoms with van der Waals surface area (Å²) in [5.74, 6) is -3.25. The van der Waals surface area contributed by atoms with Gasteiger partial charge in [-0.3, -0.25) is 24.1 Å². The second-order valence-corrected chi connectivity index (χ2v) is 10.8. The highest BCUT2D eigenvalue weighted by molar-refractivity contribution is 6.52. The number of ketones is 1. The average Bonchev–Trinajstić information content (AvgIpc) is 3.31. The van der Waals surface area contributed by atoms with E-state index in [-0.39, 0.29) is 17.7 Å². The molecule has 45 heavy (non-hydrogen) atoms. The Balaban J connectivity index is 1.33. The fourth-order valence-corrected chi connectivity index (χ4v) is 5.66. The van der Waals surface area contributed by atoms with Gasteiger partial charge >= 0.3 is 0 Å². The molecule has 0 saturated carbocycles. The summed E-state index contributed by atoms with van der Waals surface area (Å²) in [6.45, 7) is 2.06. The van der Waals surface area contributed by atoms with E-state index in [1.165, 1.54) is 17.0 Å². The van der Waals surface area contributed by atoms with Crippen LogP contribution in [0.3, 0.4) is 0 Å². The van der Waals surface area contributed by atoms with Crippen molar-refractivity contribution in [2.45, 2.75) is 12.6 Å². The van der Waals surface area contributed by atoms with Crippen molar-refractivity contribution in [1.82, 2.24) is 4.90 Å². The smallest absolute Gasteiger partial charge is 0.299 e. The minimum Gasteiger partial charge on any atom is -0.378 e. The van der Waals surface area contributed by atoms with Gasteiger partial charge in [-0.05, 0) is 48.0 Å². The Labute approximate surface area is 259 Å². The second kappa shape index (κ2) is 13.1. The predicted octanol–water partition coefficient (Wildman–Crippen LogP) is 4.60. The molecule has 0 bridgehead atoms. The maximum Gasteiger partial charge on any atom is 0.299 e. The molecule has 9 nitrogen and oxygen atoms in total. The third-order valence-corrected chi connectivity index (χ3v) is 7.98. The Morgan fingerprint density at radius 2 is 1.51 bits per heavy atom. The topological polar surface area (TPSA) is 99.3 Å². The molecule has 0 aromatic heterocycles. The first-order valence-electron chi connectivity index (χ1n) is 14.7. The van der Waals surface area contributed by atoms with Crippen LogP contribution in [0.4, 0.5) is 21.5 Å². The van der Waals surface area contributed by atoms with Crippen LogP contribution in [0.15, 0.2) is 103 Å². The molecule has 228 valence electrons. The number of carbonyl (C=O) groups is 4. The number of halogens is 1. The number of para-hydroxylation sites is 1. The molecule has 1 unspecified atom stereocenters. The number of rotatable bonds is 9. The maximum absolute atomic E-state index is 15.0. The third kappa shape index (κ3) is 6.32. The van der Waals surface area contributed by atoms with E-state index in [9.17, 15) is 23.6 Å². The van der Waals surface area contributed by atoms with E-state index < -0.39 is 41.9 Å². The molecule has 10 heteroatoms. The van der Waals surface area contributed by atoms with Crippen molar-refractivity contribution in [2.75, 3.05) is 48.0 Å². The maximum atomic E-state index is 15.0. The number of carbonyl (C=O) groups excluding carboxylic acids is 4. The molecule has 1 saturated heterocycles. The molecule has 3 amide bonds. The highest BCUT2D eigenvalue weighted by Gasteiger charge is 2.39. The van der Waals surface area contributed by atoms with Crippen molar-refractivity contribution in [3.8, 4) is 0 Å². The van der Waals surface area contributed by atoms with Crippen molar-refractivity contribution in [3.05, 3.63) is 126 Å². The number of fused-ring (bicyclic) bond motifs is 1. The number of benzene rings is 4. The molecule has 4 aromatic carbocycles. The summed E-state index contributed by atoms with van der Waals surface area (Å²) >= 11 is 0. The summed E-state index contributed by atoms with van der Waals surface area (Å²) in [7, 11) is 0. The number of amides is 3. The van der Waals surface area contributed by atoms with Crippen LogP contribution in [0, 0.1) is 5.82 Å². The van der Waals surface area contributed by atoms with Gasteiger partial charge in [0, 0.05) is 36.6 Å². The van der Waals surface area contributed by atoms with Gasteiger partial charge in [-0.15, -0.1) is 0 Å². The van der Waals surface area contributed by atoms with Gasteiger partial charge in [0.2, 0.25) is 5.91 Å². The van der Waals surface area contributed by atoms with E-state index >= 15 is 0 Å². The lowest BCUT2D eigenvalue weighted by Crippen LogP contribution is -2.46. The fourth-order valence-electron chi connectivity index (χ4n) is 5.66. The number of morpholine rings is 1. The number of nitrogens with one attached hydrogen (secondary N) is 1. The average molecular weight is 607 g/mol. The quantitative estimate of drug-likeness (QED) is 0.280. The number of Topliss-reactive ketones (excluding diaryl/α,β-unsaturated/α-hetero) is 1. The van der Waals surface area contributed by atoms with Gasteiger partial charge < -0.3 is 19.9 Å². The normalized spacial score (nSPS) is 15.0. The molecule has 6 rings (SSSR count). The molecule has 1 atom stereocenters. The number of hydrogen-bond donors (Lipinski definition) is 1. The van der Waals surface area contributed by atoms with Gasteiger partial charge in [0.05, 0.1) is 24.5 Å². The van der Waals surface area contributed by atoms with Crippen LogP contribution in [-0.2, 0) is 25.7 Å². The van der Waals surface area contributed by atoms with Crippen LogP contribution in [0.1, 0.15) is 27.5 Å². The molecule has 4 aromatic rings.